The number of aliphatic hydroxyl groups is 1. The SMILES string of the molecule is CCN(CC)Cc1ccc(C(=O)NCC(O)COC)o1. The third kappa shape index (κ3) is 5.32. The van der Waals surface area contributed by atoms with Crippen LogP contribution in [0.2, 0.25) is 0 Å². The molecule has 20 heavy (non-hydrogen) atoms. The first-order valence-corrected chi connectivity index (χ1v) is 6.86. The largest absolute Gasteiger partial charge is 0.455 e. The first kappa shape index (κ1) is 16.7. The average Bonchev–Trinajstić information content (AvgIpc) is 2.91. The molecule has 0 fully saturated rings. The molecule has 1 aromatic rings. The molecule has 0 aliphatic carbocycles. The molecule has 0 aromatic carbocycles. The van der Waals surface area contributed by atoms with Crippen LogP contribution in [0.1, 0.15) is 30.2 Å². The van der Waals surface area contributed by atoms with Crippen molar-refractivity contribution in [3.05, 3.63) is 23.7 Å². The standard InChI is InChI=1S/C14H24N2O4/c1-4-16(5-2)9-12-6-7-13(20-12)14(18)15-8-11(17)10-19-3/h6-7,11,17H,4-5,8-10H2,1-3H3,(H,15,18). The van der Waals surface area contributed by atoms with Crippen LogP contribution in [0.15, 0.2) is 16.5 Å². The van der Waals surface area contributed by atoms with Gasteiger partial charge in [-0.3, -0.25) is 9.69 Å². The van der Waals surface area contributed by atoms with Crippen LogP contribution < -0.4 is 5.32 Å². The van der Waals surface area contributed by atoms with E-state index in [1.165, 1.54) is 7.11 Å². The predicted octanol–water partition coefficient (Wildman–Crippen LogP) is 0.858. The number of hydrogen-bond donors (Lipinski definition) is 2. The Balaban J connectivity index is 2.47. The van der Waals surface area contributed by atoms with Gasteiger partial charge in [0, 0.05) is 13.7 Å². The number of hydrogen-bond acceptors (Lipinski definition) is 5. The lowest BCUT2D eigenvalue weighted by Gasteiger charge is -2.15. The predicted molar refractivity (Wildman–Crippen MR) is 75.5 cm³/mol. The molecule has 0 bridgehead atoms. The maximum absolute atomic E-state index is 11.8. The third-order valence-corrected chi connectivity index (χ3v) is 3.02. The lowest BCUT2D eigenvalue weighted by atomic mass is 10.3. The zero-order valence-electron chi connectivity index (χ0n) is 12.4. The number of ether oxygens (including phenoxy) is 1. The van der Waals surface area contributed by atoms with Crippen molar-refractivity contribution in [2.75, 3.05) is 33.4 Å². The summed E-state index contributed by atoms with van der Waals surface area (Å²) in [6.45, 7) is 7.04. The number of methoxy groups -OCH3 is 1. The van der Waals surface area contributed by atoms with Gasteiger partial charge in [0.15, 0.2) is 5.76 Å². The molecule has 6 heteroatoms. The minimum Gasteiger partial charge on any atom is -0.455 e. The minimum absolute atomic E-state index is 0.138. The molecule has 1 amide bonds. The third-order valence-electron chi connectivity index (χ3n) is 3.02. The van der Waals surface area contributed by atoms with Crippen LogP contribution in [0.3, 0.4) is 0 Å². The average molecular weight is 284 g/mol. The first-order chi connectivity index (χ1) is 9.60. The number of carbonyl (C=O) groups is 1. The van der Waals surface area contributed by atoms with Gasteiger partial charge >= 0.3 is 0 Å². The molecule has 6 nitrogen and oxygen atoms in total. The molecule has 0 saturated heterocycles. The summed E-state index contributed by atoms with van der Waals surface area (Å²) in [6, 6.07) is 3.45. The summed E-state index contributed by atoms with van der Waals surface area (Å²) in [5, 5.41) is 12.1. The molecule has 0 spiro atoms. The van der Waals surface area contributed by atoms with E-state index < -0.39 is 6.10 Å². The number of aliphatic hydroxyl groups excluding tert-OH is 1. The topological polar surface area (TPSA) is 74.9 Å². The number of nitrogens with one attached hydrogen (secondary N) is 1. The van der Waals surface area contributed by atoms with Crippen LogP contribution >= 0.6 is 0 Å². The maximum atomic E-state index is 11.8. The van der Waals surface area contributed by atoms with E-state index in [0.29, 0.717) is 6.54 Å². The second-order valence-electron chi connectivity index (χ2n) is 4.55. The highest BCUT2D eigenvalue weighted by Gasteiger charge is 2.13. The molecule has 1 aromatic heterocycles. The van der Waals surface area contributed by atoms with Gasteiger partial charge in [-0.25, -0.2) is 0 Å². The molecule has 114 valence electrons. The molecule has 0 aliphatic rings. The number of carbonyl (C=O) groups excluding carboxylic acids is 1. The van der Waals surface area contributed by atoms with Gasteiger partial charge in [0.1, 0.15) is 5.76 Å². The Morgan fingerprint density at radius 1 is 1.45 bits per heavy atom. The van der Waals surface area contributed by atoms with E-state index in [1.54, 1.807) is 12.1 Å². The summed E-state index contributed by atoms with van der Waals surface area (Å²) in [5.74, 6) is 0.694. The lowest BCUT2D eigenvalue weighted by Crippen LogP contribution is -2.34. The van der Waals surface area contributed by atoms with Gasteiger partial charge in [0.2, 0.25) is 0 Å². The molecular weight excluding hydrogens is 260 g/mol. The minimum atomic E-state index is -0.714. The van der Waals surface area contributed by atoms with Gasteiger partial charge in [-0.2, -0.15) is 0 Å². The van der Waals surface area contributed by atoms with E-state index in [-0.39, 0.29) is 24.8 Å². The van der Waals surface area contributed by atoms with Crippen molar-refractivity contribution in [1.82, 2.24) is 10.2 Å². The van der Waals surface area contributed by atoms with Crippen molar-refractivity contribution in [2.45, 2.75) is 26.5 Å². The summed E-state index contributed by atoms with van der Waals surface area (Å²) in [4.78, 5) is 14.0. The number of nitrogens with zero attached hydrogens (tertiary/aromatic N) is 1. The molecule has 1 unspecified atom stereocenters. The van der Waals surface area contributed by atoms with Crippen LogP contribution in [-0.2, 0) is 11.3 Å². The van der Waals surface area contributed by atoms with Crippen LogP contribution in [0.25, 0.3) is 0 Å². The maximum Gasteiger partial charge on any atom is 0.287 e. The van der Waals surface area contributed by atoms with Crippen LogP contribution in [0, 0.1) is 0 Å². The first-order valence-electron chi connectivity index (χ1n) is 6.86. The zero-order chi connectivity index (χ0) is 15.0. The monoisotopic (exact) mass is 284 g/mol. The smallest absolute Gasteiger partial charge is 0.287 e. The van der Waals surface area contributed by atoms with Gasteiger partial charge < -0.3 is 19.6 Å². The number of amides is 1. The van der Waals surface area contributed by atoms with Crippen molar-refractivity contribution in [2.24, 2.45) is 0 Å². The van der Waals surface area contributed by atoms with Gasteiger partial charge in [0.25, 0.3) is 5.91 Å². The Labute approximate surface area is 119 Å². The number of furan rings is 1. The van der Waals surface area contributed by atoms with Gasteiger partial charge in [-0.05, 0) is 25.2 Å². The van der Waals surface area contributed by atoms with E-state index in [0.717, 1.165) is 18.8 Å². The van der Waals surface area contributed by atoms with E-state index in [2.05, 4.69) is 24.1 Å². The van der Waals surface area contributed by atoms with Crippen molar-refractivity contribution >= 4 is 5.91 Å². The van der Waals surface area contributed by atoms with E-state index in [1.807, 2.05) is 0 Å². The highest BCUT2D eigenvalue weighted by molar-refractivity contribution is 5.91. The van der Waals surface area contributed by atoms with Gasteiger partial charge in [0.05, 0.1) is 19.3 Å². The van der Waals surface area contributed by atoms with Crippen molar-refractivity contribution in [3.63, 3.8) is 0 Å². The van der Waals surface area contributed by atoms with Crippen molar-refractivity contribution in [1.29, 1.82) is 0 Å². The summed E-state index contributed by atoms with van der Waals surface area (Å²) in [7, 11) is 1.50. The van der Waals surface area contributed by atoms with Gasteiger partial charge in [-0.15, -0.1) is 0 Å². The summed E-state index contributed by atoms with van der Waals surface area (Å²) in [5.41, 5.74) is 0. The Kier molecular flexibility index (Phi) is 7.28. The zero-order valence-corrected chi connectivity index (χ0v) is 12.4. The molecule has 1 rings (SSSR count). The normalized spacial score (nSPS) is 12.7. The summed E-state index contributed by atoms with van der Waals surface area (Å²) in [6.07, 6.45) is -0.714. The second kappa shape index (κ2) is 8.73. The molecule has 1 heterocycles. The van der Waals surface area contributed by atoms with Crippen LogP contribution in [0.5, 0.6) is 0 Å². The van der Waals surface area contributed by atoms with Gasteiger partial charge in [-0.1, -0.05) is 13.8 Å². The van der Waals surface area contributed by atoms with Crippen molar-refractivity contribution in [3.8, 4) is 0 Å². The quantitative estimate of drug-likeness (QED) is 0.703. The lowest BCUT2D eigenvalue weighted by molar-refractivity contribution is 0.0602. The molecule has 0 saturated carbocycles. The summed E-state index contributed by atoms with van der Waals surface area (Å²) < 4.78 is 10.3. The molecule has 0 aliphatic heterocycles. The fourth-order valence-electron chi connectivity index (χ4n) is 1.80. The molecule has 2 N–H and O–H groups in total. The summed E-state index contributed by atoms with van der Waals surface area (Å²) >= 11 is 0. The number of rotatable bonds is 9. The second-order valence-corrected chi connectivity index (χ2v) is 4.55. The molecular formula is C14H24N2O4. The van der Waals surface area contributed by atoms with Crippen LogP contribution in [-0.4, -0.2) is 55.4 Å². The highest BCUT2D eigenvalue weighted by atomic mass is 16.5. The Hall–Kier alpha value is -1.37. The molecule has 0 radical (unpaired) electrons. The van der Waals surface area contributed by atoms with E-state index >= 15 is 0 Å². The Morgan fingerprint density at radius 2 is 2.15 bits per heavy atom. The highest BCUT2D eigenvalue weighted by Crippen LogP contribution is 2.10. The Bertz CT molecular complexity index is 402. The van der Waals surface area contributed by atoms with Crippen LogP contribution in [0.4, 0.5) is 0 Å². The van der Waals surface area contributed by atoms with Crippen molar-refractivity contribution < 1.29 is 19.1 Å². The van der Waals surface area contributed by atoms with E-state index in [9.17, 15) is 9.90 Å². The fourth-order valence-corrected chi connectivity index (χ4v) is 1.80. The molecule has 1 atom stereocenters. The van der Waals surface area contributed by atoms with E-state index in [4.69, 9.17) is 9.15 Å². The Morgan fingerprint density at radius 3 is 2.75 bits per heavy atom. The fraction of sp³-hybridized carbons (Fsp3) is 0.643.